The van der Waals surface area contributed by atoms with Crippen molar-refractivity contribution < 1.29 is 14.6 Å². The van der Waals surface area contributed by atoms with E-state index in [4.69, 9.17) is 4.74 Å². The summed E-state index contributed by atoms with van der Waals surface area (Å²) in [5, 5.41) is 12.9. The maximum atomic E-state index is 12.5. The van der Waals surface area contributed by atoms with Crippen LogP contribution in [-0.4, -0.2) is 40.2 Å². The highest BCUT2D eigenvalue weighted by Gasteiger charge is 2.15. The number of para-hydroxylation sites is 1. The minimum atomic E-state index is -0.264. The average Bonchev–Trinajstić information content (AvgIpc) is 2.73. The summed E-state index contributed by atoms with van der Waals surface area (Å²) in [6, 6.07) is 11.8. The third-order valence-electron chi connectivity index (χ3n) is 4.89. The molecule has 7 nitrogen and oxygen atoms in total. The van der Waals surface area contributed by atoms with Gasteiger partial charge in [-0.2, -0.15) is 0 Å². The second-order valence-corrected chi connectivity index (χ2v) is 6.93. The van der Waals surface area contributed by atoms with Gasteiger partial charge in [0.05, 0.1) is 10.9 Å². The number of aromatic hydroxyl groups is 1. The van der Waals surface area contributed by atoms with Gasteiger partial charge in [-0.1, -0.05) is 12.1 Å². The minimum Gasteiger partial charge on any atom is -0.508 e. The highest BCUT2D eigenvalue weighted by molar-refractivity contribution is 5.95. The molecule has 0 unspecified atom stereocenters. The number of fused-ring (bicyclic) bond motifs is 1. The van der Waals surface area contributed by atoms with Gasteiger partial charge in [0.15, 0.2) is 0 Å². The Morgan fingerprint density at radius 1 is 1.17 bits per heavy atom. The SMILES string of the molecule is O=C(/C=C/c1cccc2c(=O)[nH]c(-c3ccc(O)cc3)nc12)NC1CCOCC1. The van der Waals surface area contributed by atoms with E-state index in [2.05, 4.69) is 15.3 Å². The quantitative estimate of drug-likeness (QED) is 0.593. The number of phenols is 1. The van der Waals surface area contributed by atoms with Crippen molar-refractivity contribution in [1.82, 2.24) is 15.3 Å². The fourth-order valence-electron chi connectivity index (χ4n) is 3.33. The second kappa shape index (κ2) is 8.28. The zero-order valence-corrected chi connectivity index (χ0v) is 15.7. The number of aromatic nitrogens is 2. The zero-order valence-electron chi connectivity index (χ0n) is 15.7. The number of hydrogen-bond acceptors (Lipinski definition) is 5. The Labute approximate surface area is 167 Å². The molecule has 2 heterocycles. The highest BCUT2D eigenvalue weighted by Crippen LogP contribution is 2.21. The molecule has 3 aromatic rings. The molecule has 4 rings (SSSR count). The van der Waals surface area contributed by atoms with E-state index in [1.54, 1.807) is 30.3 Å². The molecule has 1 amide bonds. The number of H-pyrrole nitrogens is 1. The van der Waals surface area contributed by atoms with Gasteiger partial charge in [-0.3, -0.25) is 9.59 Å². The largest absolute Gasteiger partial charge is 0.508 e. The van der Waals surface area contributed by atoms with Gasteiger partial charge in [-0.25, -0.2) is 4.98 Å². The van der Waals surface area contributed by atoms with E-state index in [0.29, 0.717) is 41.1 Å². The smallest absolute Gasteiger partial charge is 0.259 e. The summed E-state index contributed by atoms with van der Waals surface area (Å²) in [5.41, 5.74) is 1.60. The van der Waals surface area contributed by atoms with Gasteiger partial charge in [-0.15, -0.1) is 0 Å². The summed E-state index contributed by atoms with van der Waals surface area (Å²) >= 11 is 0. The van der Waals surface area contributed by atoms with Crippen molar-refractivity contribution in [2.24, 2.45) is 0 Å². The highest BCUT2D eigenvalue weighted by atomic mass is 16.5. The van der Waals surface area contributed by atoms with Gasteiger partial charge in [0, 0.05) is 36.5 Å². The van der Waals surface area contributed by atoms with Crippen molar-refractivity contribution in [2.45, 2.75) is 18.9 Å². The first-order valence-corrected chi connectivity index (χ1v) is 9.49. The molecule has 0 spiro atoms. The fourth-order valence-corrected chi connectivity index (χ4v) is 3.33. The lowest BCUT2D eigenvalue weighted by Crippen LogP contribution is -2.37. The summed E-state index contributed by atoms with van der Waals surface area (Å²) < 4.78 is 5.30. The molecule has 1 aliphatic heterocycles. The molecular formula is C22H21N3O4. The number of carbonyl (C=O) groups is 1. The van der Waals surface area contributed by atoms with Crippen LogP contribution in [0.4, 0.5) is 0 Å². The van der Waals surface area contributed by atoms with Gasteiger partial charge in [0.1, 0.15) is 11.6 Å². The Morgan fingerprint density at radius 3 is 2.69 bits per heavy atom. The van der Waals surface area contributed by atoms with Crippen LogP contribution in [0.2, 0.25) is 0 Å². The van der Waals surface area contributed by atoms with E-state index in [9.17, 15) is 14.7 Å². The molecule has 1 aliphatic rings. The van der Waals surface area contributed by atoms with E-state index in [1.807, 2.05) is 6.07 Å². The predicted molar refractivity (Wildman–Crippen MR) is 110 cm³/mol. The lowest BCUT2D eigenvalue weighted by atomic mass is 10.1. The normalized spacial score (nSPS) is 15.0. The monoisotopic (exact) mass is 391 g/mol. The number of nitrogens with zero attached hydrogens (tertiary/aromatic N) is 1. The van der Waals surface area contributed by atoms with Gasteiger partial charge < -0.3 is 20.1 Å². The van der Waals surface area contributed by atoms with Crippen LogP contribution >= 0.6 is 0 Å². The van der Waals surface area contributed by atoms with E-state index < -0.39 is 0 Å². The summed E-state index contributed by atoms with van der Waals surface area (Å²) in [7, 11) is 0. The van der Waals surface area contributed by atoms with Gasteiger partial charge >= 0.3 is 0 Å². The average molecular weight is 391 g/mol. The van der Waals surface area contributed by atoms with Crippen LogP contribution in [0.5, 0.6) is 5.75 Å². The molecule has 1 fully saturated rings. The van der Waals surface area contributed by atoms with Crippen LogP contribution < -0.4 is 10.9 Å². The van der Waals surface area contributed by atoms with Crippen LogP contribution in [0.1, 0.15) is 18.4 Å². The summed E-state index contributed by atoms with van der Waals surface area (Å²) in [6.45, 7) is 1.31. The number of carbonyl (C=O) groups excluding carboxylic acids is 1. The second-order valence-electron chi connectivity index (χ2n) is 6.93. The van der Waals surface area contributed by atoms with Crippen molar-refractivity contribution in [3.63, 3.8) is 0 Å². The molecule has 0 aliphatic carbocycles. The van der Waals surface area contributed by atoms with E-state index >= 15 is 0 Å². The first kappa shape index (κ1) is 18.9. The van der Waals surface area contributed by atoms with Gasteiger partial charge in [-0.05, 0) is 49.2 Å². The van der Waals surface area contributed by atoms with Crippen LogP contribution in [0.25, 0.3) is 28.4 Å². The van der Waals surface area contributed by atoms with Crippen LogP contribution in [0, 0.1) is 0 Å². The van der Waals surface area contributed by atoms with Crippen molar-refractivity contribution in [3.8, 4) is 17.1 Å². The Hall–Kier alpha value is -3.45. The van der Waals surface area contributed by atoms with Crippen molar-refractivity contribution in [2.75, 3.05) is 13.2 Å². The number of phenolic OH excluding ortho intramolecular Hbond substituents is 1. The Morgan fingerprint density at radius 2 is 1.93 bits per heavy atom. The summed E-state index contributed by atoms with van der Waals surface area (Å²) in [5.74, 6) is 0.351. The van der Waals surface area contributed by atoms with Crippen molar-refractivity contribution >= 4 is 22.9 Å². The molecule has 1 aromatic heterocycles. The Bertz CT molecular complexity index is 1110. The number of benzene rings is 2. The first-order valence-electron chi connectivity index (χ1n) is 9.49. The molecular weight excluding hydrogens is 370 g/mol. The topological polar surface area (TPSA) is 104 Å². The number of ether oxygens (including phenoxy) is 1. The maximum absolute atomic E-state index is 12.5. The molecule has 29 heavy (non-hydrogen) atoms. The molecule has 0 radical (unpaired) electrons. The minimum absolute atomic E-state index is 0.121. The lowest BCUT2D eigenvalue weighted by Gasteiger charge is -2.22. The summed E-state index contributed by atoms with van der Waals surface area (Å²) in [6.07, 6.45) is 4.75. The number of hydrogen-bond donors (Lipinski definition) is 3. The number of rotatable bonds is 4. The van der Waals surface area contributed by atoms with Crippen LogP contribution in [-0.2, 0) is 9.53 Å². The maximum Gasteiger partial charge on any atom is 0.259 e. The van der Waals surface area contributed by atoms with Gasteiger partial charge in [0.2, 0.25) is 5.91 Å². The molecule has 3 N–H and O–H groups in total. The van der Waals surface area contributed by atoms with E-state index in [-0.39, 0.29) is 23.3 Å². The Kier molecular flexibility index (Phi) is 5.39. The number of aromatic amines is 1. The molecule has 0 saturated carbocycles. The Balaban J connectivity index is 1.64. The molecule has 1 saturated heterocycles. The first-order chi connectivity index (χ1) is 14.1. The van der Waals surface area contributed by atoms with E-state index in [0.717, 1.165) is 12.8 Å². The third-order valence-corrected chi connectivity index (χ3v) is 4.89. The lowest BCUT2D eigenvalue weighted by molar-refractivity contribution is -0.117. The molecule has 7 heteroatoms. The molecule has 148 valence electrons. The zero-order chi connectivity index (χ0) is 20.2. The van der Waals surface area contributed by atoms with Crippen molar-refractivity contribution in [3.05, 3.63) is 64.5 Å². The predicted octanol–water partition coefficient (Wildman–Crippen LogP) is 2.60. The number of nitrogens with one attached hydrogen (secondary N) is 2. The fraction of sp³-hybridized carbons (Fsp3) is 0.227. The summed E-state index contributed by atoms with van der Waals surface area (Å²) in [4.78, 5) is 32.2. The van der Waals surface area contributed by atoms with Gasteiger partial charge in [0.25, 0.3) is 5.56 Å². The number of amides is 1. The van der Waals surface area contributed by atoms with E-state index in [1.165, 1.54) is 18.2 Å². The molecule has 0 bridgehead atoms. The third kappa shape index (κ3) is 4.35. The molecule has 0 atom stereocenters. The van der Waals surface area contributed by atoms with Crippen LogP contribution in [0.15, 0.2) is 53.3 Å². The van der Waals surface area contributed by atoms with Crippen molar-refractivity contribution in [1.29, 1.82) is 0 Å². The molecule has 2 aromatic carbocycles. The standard InChI is InChI=1S/C22H21N3O4/c26-17-7-4-15(5-8-17)21-24-20-14(2-1-3-18(20)22(28)25-21)6-9-19(27)23-16-10-12-29-13-11-16/h1-9,16,26H,10-13H2,(H,23,27)(H,24,25,28)/b9-6+. The van der Waals surface area contributed by atoms with Crippen LogP contribution in [0.3, 0.4) is 0 Å².